The molecule has 2 aromatic carbocycles. The average Bonchev–Trinajstić information content (AvgIpc) is 3.49. The highest BCUT2D eigenvalue weighted by Gasteiger charge is 2.28. The Bertz CT molecular complexity index is 1470. The van der Waals surface area contributed by atoms with Crippen LogP contribution in [-0.4, -0.2) is 36.0 Å². The Morgan fingerprint density at radius 1 is 0.921 bits per heavy atom. The van der Waals surface area contributed by atoms with Gasteiger partial charge in [-0.3, -0.25) is 4.79 Å². The summed E-state index contributed by atoms with van der Waals surface area (Å²) in [6, 6.07) is 14.9. The first-order valence-electron chi connectivity index (χ1n) is 12.7. The summed E-state index contributed by atoms with van der Waals surface area (Å²) < 4.78 is 11.6. The predicted molar refractivity (Wildman–Crippen MR) is 150 cm³/mol. The highest BCUT2D eigenvalue weighted by Crippen LogP contribution is 2.38. The third kappa shape index (κ3) is 5.35. The smallest absolute Gasteiger partial charge is 0.341 e. The van der Waals surface area contributed by atoms with Gasteiger partial charge >= 0.3 is 11.9 Å². The van der Waals surface area contributed by atoms with Crippen molar-refractivity contribution in [1.82, 2.24) is 4.98 Å². The Balaban J connectivity index is 1.35. The molecule has 5 rings (SSSR count). The van der Waals surface area contributed by atoms with E-state index in [9.17, 15) is 14.4 Å². The van der Waals surface area contributed by atoms with Gasteiger partial charge in [0, 0.05) is 10.4 Å². The van der Waals surface area contributed by atoms with Gasteiger partial charge in [0.1, 0.15) is 10.0 Å². The summed E-state index contributed by atoms with van der Waals surface area (Å²) in [5, 5.41) is 3.99. The van der Waals surface area contributed by atoms with Crippen molar-refractivity contribution in [3.05, 3.63) is 70.1 Å². The number of para-hydroxylation sites is 1. The van der Waals surface area contributed by atoms with Crippen LogP contribution in [0.25, 0.3) is 20.8 Å². The Morgan fingerprint density at radius 2 is 1.66 bits per heavy atom. The summed E-state index contributed by atoms with van der Waals surface area (Å²) in [5.41, 5.74) is 3.22. The summed E-state index contributed by atoms with van der Waals surface area (Å²) in [4.78, 5) is 44.7. The summed E-state index contributed by atoms with van der Waals surface area (Å²) in [6.45, 7) is 1.52. The summed E-state index contributed by atoms with van der Waals surface area (Å²) in [6.07, 6.45) is 4.86. The molecule has 0 radical (unpaired) electrons. The Kier molecular flexibility index (Phi) is 7.85. The number of methoxy groups -OCH3 is 1. The van der Waals surface area contributed by atoms with Gasteiger partial charge in [0.2, 0.25) is 0 Å². The van der Waals surface area contributed by atoms with E-state index in [0.29, 0.717) is 26.7 Å². The third-order valence-corrected chi connectivity index (χ3v) is 8.90. The van der Waals surface area contributed by atoms with Crippen molar-refractivity contribution in [2.45, 2.75) is 51.6 Å². The summed E-state index contributed by atoms with van der Waals surface area (Å²) >= 11 is 2.90. The van der Waals surface area contributed by atoms with Crippen LogP contribution in [0.5, 0.6) is 0 Å². The lowest BCUT2D eigenvalue weighted by Gasteiger charge is -2.15. The molecule has 0 spiro atoms. The largest absolute Gasteiger partial charge is 0.465 e. The zero-order chi connectivity index (χ0) is 26.6. The van der Waals surface area contributed by atoms with E-state index in [1.54, 1.807) is 12.1 Å². The Morgan fingerprint density at radius 3 is 2.45 bits per heavy atom. The van der Waals surface area contributed by atoms with E-state index in [-0.39, 0.29) is 0 Å². The minimum atomic E-state index is -1.08. The van der Waals surface area contributed by atoms with Gasteiger partial charge in [-0.15, -0.1) is 22.7 Å². The van der Waals surface area contributed by atoms with Crippen LogP contribution in [0.2, 0.25) is 0 Å². The summed E-state index contributed by atoms with van der Waals surface area (Å²) in [5.74, 6) is -1.59. The van der Waals surface area contributed by atoms with Crippen molar-refractivity contribution in [2.24, 2.45) is 0 Å². The first-order chi connectivity index (χ1) is 18.5. The second kappa shape index (κ2) is 11.4. The van der Waals surface area contributed by atoms with Gasteiger partial charge in [0.25, 0.3) is 5.91 Å². The number of nitrogens with one attached hydrogen (secondary N) is 1. The van der Waals surface area contributed by atoms with E-state index in [1.807, 2.05) is 36.4 Å². The van der Waals surface area contributed by atoms with Crippen LogP contribution >= 0.6 is 22.7 Å². The van der Waals surface area contributed by atoms with Gasteiger partial charge in [-0.2, -0.15) is 0 Å². The molecule has 38 heavy (non-hydrogen) atoms. The number of aryl methyl sites for hydroxylation is 1. The van der Waals surface area contributed by atoms with E-state index in [1.165, 1.54) is 36.7 Å². The number of ether oxygens (including phenoxy) is 2. The number of hydrogen-bond donors (Lipinski definition) is 1. The topological polar surface area (TPSA) is 94.6 Å². The maximum absolute atomic E-state index is 13.2. The van der Waals surface area contributed by atoms with E-state index in [0.717, 1.165) is 59.2 Å². The lowest BCUT2D eigenvalue weighted by atomic mass is 9.96. The zero-order valence-corrected chi connectivity index (χ0v) is 22.9. The van der Waals surface area contributed by atoms with Crippen LogP contribution in [0, 0.1) is 0 Å². The number of carbonyl (C=O) groups excluding carboxylic acids is 3. The van der Waals surface area contributed by atoms with Crippen molar-refractivity contribution in [3.8, 4) is 10.6 Å². The Hall–Kier alpha value is -3.56. The number of nitrogens with zero attached hydrogens (tertiary/aromatic N) is 1. The van der Waals surface area contributed by atoms with Crippen LogP contribution in [0.15, 0.2) is 48.5 Å². The highest BCUT2D eigenvalue weighted by molar-refractivity contribution is 7.21. The van der Waals surface area contributed by atoms with Crippen molar-refractivity contribution in [3.63, 3.8) is 0 Å². The van der Waals surface area contributed by atoms with Crippen molar-refractivity contribution in [1.29, 1.82) is 0 Å². The first kappa shape index (κ1) is 26.1. The molecule has 7 nitrogen and oxygen atoms in total. The maximum atomic E-state index is 13.2. The van der Waals surface area contributed by atoms with Gasteiger partial charge in [-0.05, 0) is 56.4 Å². The molecule has 9 heteroatoms. The third-order valence-electron chi connectivity index (χ3n) is 6.62. The number of esters is 2. The van der Waals surface area contributed by atoms with Gasteiger partial charge in [0.15, 0.2) is 6.10 Å². The van der Waals surface area contributed by atoms with Crippen LogP contribution < -0.4 is 5.32 Å². The number of rotatable bonds is 6. The molecule has 0 aliphatic heterocycles. The van der Waals surface area contributed by atoms with Crippen LogP contribution in [0.3, 0.4) is 0 Å². The second-order valence-electron chi connectivity index (χ2n) is 9.18. The molecule has 4 aromatic rings. The van der Waals surface area contributed by atoms with Crippen LogP contribution in [0.1, 0.15) is 63.8 Å². The molecule has 1 atom stereocenters. The molecule has 196 valence electrons. The van der Waals surface area contributed by atoms with Crippen LogP contribution in [-0.2, 0) is 27.1 Å². The van der Waals surface area contributed by atoms with E-state index < -0.39 is 23.9 Å². The number of aromatic nitrogens is 1. The molecule has 1 aliphatic carbocycles. The highest BCUT2D eigenvalue weighted by atomic mass is 32.1. The predicted octanol–water partition coefficient (Wildman–Crippen LogP) is 6.65. The minimum absolute atomic E-state index is 0.334. The number of thiophene rings is 1. The maximum Gasteiger partial charge on any atom is 0.341 e. The first-order valence-corrected chi connectivity index (χ1v) is 14.3. The molecule has 1 N–H and O–H groups in total. The SMILES string of the molecule is COC(=O)c1c(NC(=O)C(C)OC(=O)c2ccccc2-c2nc3ccccc3s2)sc2c1CCCCCC2. The molecule has 0 saturated heterocycles. The molecule has 1 amide bonds. The van der Waals surface area contributed by atoms with Crippen LogP contribution in [0.4, 0.5) is 5.00 Å². The number of fused-ring (bicyclic) bond motifs is 2. The number of benzene rings is 2. The molecular formula is C29H28N2O5S2. The molecule has 2 aromatic heterocycles. The number of amides is 1. The minimum Gasteiger partial charge on any atom is -0.465 e. The van der Waals surface area contributed by atoms with Gasteiger partial charge < -0.3 is 14.8 Å². The van der Waals surface area contributed by atoms with Gasteiger partial charge in [-0.25, -0.2) is 14.6 Å². The monoisotopic (exact) mass is 548 g/mol. The molecule has 0 saturated carbocycles. The van der Waals surface area contributed by atoms with Gasteiger partial charge in [0.05, 0.1) is 28.5 Å². The summed E-state index contributed by atoms with van der Waals surface area (Å²) in [7, 11) is 1.34. The standard InChI is InChI=1S/C29H28N2O5S2/c1-17(25(32)31-27-24(29(34)35-2)20-13-5-3-4-6-15-22(20)37-27)36-28(33)19-12-8-7-11-18(19)26-30-21-14-9-10-16-23(21)38-26/h7-12,14,16-17H,3-6,13,15H2,1-2H3,(H,31,32). The van der Waals surface area contributed by atoms with Crippen molar-refractivity contribution < 1.29 is 23.9 Å². The zero-order valence-electron chi connectivity index (χ0n) is 21.2. The molecule has 0 bridgehead atoms. The van der Waals surface area contributed by atoms with Crippen molar-refractivity contribution >= 4 is 55.7 Å². The molecular weight excluding hydrogens is 520 g/mol. The molecule has 0 fully saturated rings. The lowest BCUT2D eigenvalue weighted by Crippen LogP contribution is -2.30. The number of anilines is 1. The average molecular weight is 549 g/mol. The number of thiazole rings is 1. The van der Waals surface area contributed by atoms with Gasteiger partial charge in [-0.1, -0.05) is 43.2 Å². The lowest BCUT2D eigenvalue weighted by molar-refractivity contribution is -0.123. The fourth-order valence-electron chi connectivity index (χ4n) is 4.65. The number of hydrogen-bond acceptors (Lipinski definition) is 8. The number of carbonyl (C=O) groups is 3. The fourth-order valence-corrected chi connectivity index (χ4v) is 6.94. The van der Waals surface area contributed by atoms with E-state index >= 15 is 0 Å². The molecule has 1 aliphatic rings. The second-order valence-corrected chi connectivity index (χ2v) is 11.3. The fraction of sp³-hybridized carbons (Fsp3) is 0.310. The quantitative estimate of drug-likeness (QED) is 0.271. The Labute approximate surface area is 228 Å². The van der Waals surface area contributed by atoms with E-state index in [2.05, 4.69) is 10.3 Å². The van der Waals surface area contributed by atoms with E-state index in [4.69, 9.17) is 9.47 Å². The van der Waals surface area contributed by atoms with Crippen molar-refractivity contribution in [2.75, 3.05) is 12.4 Å². The normalized spacial score (nSPS) is 14.2. The molecule has 1 unspecified atom stereocenters. The molecule has 2 heterocycles.